The minimum atomic E-state index is -0.492. The third kappa shape index (κ3) is 6.50. The van der Waals surface area contributed by atoms with Crippen LogP contribution < -0.4 is 16.0 Å². The maximum Gasteiger partial charge on any atom is 0.317 e. The Bertz CT molecular complexity index is 1070. The molecule has 36 heavy (non-hydrogen) atoms. The van der Waals surface area contributed by atoms with Gasteiger partial charge in [0.15, 0.2) is 0 Å². The second kappa shape index (κ2) is 11.8. The Morgan fingerprint density at radius 2 is 1.75 bits per heavy atom. The van der Waals surface area contributed by atoms with Gasteiger partial charge < -0.3 is 20.9 Å². The van der Waals surface area contributed by atoms with Gasteiger partial charge in [-0.25, -0.2) is 4.79 Å². The SMILES string of the molecule is CC(Nc1ccc(C(=O)NC2CCN(C(=O)NC3CCCCC3)CC2)cc1[N+](=O)[O-])c1ccccn1. The fourth-order valence-electron chi connectivity index (χ4n) is 4.89. The number of amides is 3. The maximum absolute atomic E-state index is 12.9. The number of rotatable bonds is 7. The molecular weight excluding hydrogens is 460 g/mol. The van der Waals surface area contributed by atoms with E-state index in [4.69, 9.17) is 0 Å². The Morgan fingerprint density at radius 1 is 1.03 bits per heavy atom. The van der Waals surface area contributed by atoms with E-state index in [1.807, 2.05) is 30.0 Å². The predicted molar refractivity (Wildman–Crippen MR) is 137 cm³/mol. The molecule has 2 aliphatic rings. The summed E-state index contributed by atoms with van der Waals surface area (Å²) in [5.41, 5.74) is 1.15. The number of carbonyl (C=O) groups excluding carboxylic acids is 2. The second-order valence-corrected chi connectivity index (χ2v) is 9.63. The minimum Gasteiger partial charge on any atom is -0.371 e. The number of piperidine rings is 1. The topological polar surface area (TPSA) is 130 Å². The number of anilines is 1. The van der Waals surface area contributed by atoms with Gasteiger partial charge in [0.1, 0.15) is 5.69 Å². The number of hydrogen-bond acceptors (Lipinski definition) is 6. The number of benzene rings is 1. The van der Waals surface area contributed by atoms with Crippen molar-refractivity contribution in [1.82, 2.24) is 20.5 Å². The number of nitrogens with one attached hydrogen (secondary N) is 3. The van der Waals surface area contributed by atoms with Gasteiger partial charge in [-0.3, -0.25) is 19.9 Å². The van der Waals surface area contributed by atoms with Crippen LogP contribution in [0, 0.1) is 10.1 Å². The van der Waals surface area contributed by atoms with Crippen LogP contribution in [0.5, 0.6) is 0 Å². The highest BCUT2D eigenvalue weighted by Gasteiger charge is 2.27. The normalized spacial score (nSPS) is 17.8. The lowest BCUT2D eigenvalue weighted by atomic mass is 9.95. The molecule has 192 valence electrons. The minimum absolute atomic E-state index is 0.0229. The van der Waals surface area contributed by atoms with Crippen molar-refractivity contribution in [2.45, 2.75) is 70.0 Å². The summed E-state index contributed by atoms with van der Waals surface area (Å²) in [6.45, 7) is 3.00. The summed E-state index contributed by atoms with van der Waals surface area (Å²) in [5, 5.41) is 21.0. The summed E-state index contributed by atoms with van der Waals surface area (Å²) in [5.74, 6) is -0.354. The van der Waals surface area contributed by atoms with Crippen molar-refractivity contribution in [3.05, 3.63) is 64.0 Å². The summed E-state index contributed by atoms with van der Waals surface area (Å²) in [4.78, 5) is 42.8. The van der Waals surface area contributed by atoms with Crippen molar-refractivity contribution in [3.63, 3.8) is 0 Å². The molecule has 0 spiro atoms. The number of urea groups is 1. The van der Waals surface area contributed by atoms with Crippen LogP contribution >= 0.6 is 0 Å². The van der Waals surface area contributed by atoms with E-state index in [1.54, 1.807) is 18.3 Å². The first-order valence-corrected chi connectivity index (χ1v) is 12.7. The Balaban J connectivity index is 1.32. The van der Waals surface area contributed by atoms with Gasteiger partial charge in [-0.15, -0.1) is 0 Å². The summed E-state index contributed by atoms with van der Waals surface area (Å²) in [6.07, 6.45) is 8.62. The van der Waals surface area contributed by atoms with Gasteiger partial charge in [-0.1, -0.05) is 25.3 Å². The van der Waals surface area contributed by atoms with Crippen molar-refractivity contribution >= 4 is 23.3 Å². The van der Waals surface area contributed by atoms with Gasteiger partial charge in [-0.05, 0) is 56.9 Å². The van der Waals surface area contributed by atoms with Crippen molar-refractivity contribution in [1.29, 1.82) is 0 Å². The average molecular weight is 495 g/mol. The van der Waals surface area contributed by atoms with E-state index in [0.717, 1.165) is 31.4 Å². The highest BCUT2D eigenvalue weighted by molar-refractivity contribution is 5.96. The summed E-state index contributed by atoms with van der Waals surface area (Å²) in [7, 11) is 0. The third-order valence-corrected chi connectivity index (χ3v) is 7.01. The third-order valence-electron chi connectivity index (χ3n) is 7.01. The lowest BCUT2D eigenvalue weighted by molar-refractivity contribution is -0.384. The van der Waals surface area contributed by atoms with Crippen LogP contribution in [0.15, 0.2) is 42.6 Å². The molecule has 1 aliphatic heterocycles. The molecule has 1 unspecified atom stereocenters. The molecule has 2 fully saturated rings. The van der Waals surface area contributed by atoms with Gasteiger partial charge in [-0.2, -0.15) is 0 Å². The molecule has 10 heteroatoms. The first kappa shape index (κ1) is 25.4. The average Bonchev–Trinajstić information content (AvgIpc) is 2.90. The molecule has 4 rings (SSSR count). The quantitative estimate of drug-likeness (QED) is 0.386. The molecule has 2 heterocycles. The van der Waals surface area contributed by atoms with Crippen LogP contribution in [0.4, 0.5) is 16.2 Å². The molecule has 1 aromatic carbocycles. The first-order chi connectivity index (χ1) is 17.4. The van der Waals surface area contributed by atoms with E-state index in [2.05, 4.69) is 20.9 Å². The maximum atomic E-state index is 12.9. The summed E-state index contributed by atoms with van der Waals surface area (Å²) < 4.78 is 0. The highest BCUT2D eigenvalue weighted by Crippen LogP contribution is 2.29. The van der Waals surface area contributed by atoms with Crippen LogP contribution in [0.2, 0.25) is 0 Å². The Kier molecular flexibility index (Phi) is 8.35. The Hall–Kier alpha value is -3.69. The second-order valence-electron chi connectivity index (χ2n) is 9.63. The highest BCUT2D eigenvalue weighted by atomic mass is 16.6. The lowest BCUT2D eigenvalue weighted by Crippen LogP contribution is -2.51. The van der Waals surface area contributed by atoms with Crippen LogP contribution in [-0.2, 0) is 0 Å². The smallest absolute Gasteiger partial charge is 0.317 e. The zero-order valence-electron chi connectivity index (χ0n) is 20.6. The van der Waals surface area contributed by atoms with Gasteiger partial charge in [0.2, 0.25) is 0 Å². The summed E-state index contributed by atoms with van der Waals surface area (Å²) in [6, 6.07) is 9.87. The van der Waals surface area contributed by atoms with E-state index in [1.165, 1.54) is 12.5 Å². The molecule has 10 nitrogen and oxygen atoms in total. The van der Waals surface area contributed by atoms with Gasteiger partial charge in [0, 0.05) is 43.0 Å². The van der Waals surface area contributed by atoms with Crippen molar-refractivity contribution in [3.8, 4) is 0 Å². The zero-order valence-corrected chi connectivity index (χ0v) is 20.6. The fourth-order valence-corrected chi connectivity index (χ4v) is 4.89. The van der Waals surface area contributed by atoms with Crippen LogP contribution in [0.3, 0.4) is 0 Å². The van der Waals surface area contributed by atoms with Crippen LogP contribution in [-0.4, -0.2) is 51.9 Å². The number of nitrogens with zero attached hydrogens (tertiary/aromatic N) is 3. The van der Waals surface area contributed by atoms with E-state index < -0.39 is 4.92 Å². The van der Waals surface area contributed by atoms with Gasteiger partial charge in [0.25, 0.3) is 11.6 Å². The summed E-state index contributed by atoms with van der Waals surface area (Å²) >= 11 is 0. The monoisotopic (exact) mass is 494 g/mol. The van der Waals surface area contributed by atoms with E-state index in [0.29, 0.717) is 31.6 Å². The molecule has 1 atom stereocenters. The molecule has 3 amide bonds. The molecule has 0 radical (unpaired) electrons. The Morgan fingerprint density at radius 3 is 2.42 bits per heavy atom. The van der Waals surface area contributed by atoms with Gasteiger partial charge >= 0.3 is 6.03 Å². The number of carbonyl (C=O) groups is 2. The molecule has 1 aliphatic carbocycles. The lowest BCUT2D eigenvalue weighted by Gasteiger charge is -2.34. The Labute approximate surface area is 211 Å². The molecular formula is C26H34N6O4. The number of aromatic nitrogens is 1. The standard InChI is InChI=1S/C26H34N6O4/c1-18(22-9-5-6-14-27-22)28-23-11-10-19(17-24(23)32(35)36)25(33)29-21-12-15-31(16-13-21)26(34)30-20-7-3-2-4-8-20/h5-6,9-11,14,17-18,20-21,28H,2-4,7-8,12-13,15-16H2,1H3,(H,29,33)(H,30,34). The molecule has 1 saturated heterocycles. The fraction of sp³-hybridized carbons (Fsp3) is 0.500. The molecule has 3 N–H and O–H groups in total. The molecule has 2 aromatic rings. The van der Waals surface area contributed by atoms with Gasteiger partial charge in [0.05, 0.1) is 16.7 Å². The van der Waals surface area contributed by atoms with Crippen molar-refractivity contribution < 1.29 is 14.5 Å². The van der Waals surface area contributed by atoms with Crippen LogP contribution in [0.1, 0.15) is 74.0 Å². The number of hydrogen-bond donors (Lipinski definition) is 3. The largest absolute Gasteiger partial charge is 0.371 e. The molecule has 1 saturated carbocycles. The number of nitro groups is 1. The van der Waals surface area contributed by atoms with Crippen molar-refractivity contribution in [2.75, 3.05) is 18.4 Å². The van der Waals surface area contributed by atoms with E-state index >= 15 is 0 Å². The van der Waals surface area contributed by atoms with E-state index in [9.17, 15) is 19.7 Å². The zero-order chi connectivity index (χ0) is 25.5. The van der Waals surface area contributed by atoms with Crippen molar-refractivity contribution in [2.24, 2.45) is 0 Å². The van der Waals surface area contributed by atoms with E-state index in [-0.39, 0.29) is 41.3 Å². The number of pyridine rings is 1. The predicted octanol–water partition coefficient (Wildman–Crippen LogP) is 4.40. The molecule has 0 bridgehead atoms. The first-order valence-electron chi connectivity index (χ1n) is 12.7. The molecule has 1 aromatic heterocycles. The number of nitro benzene ring substituents is 1. The number of likely N-dealkylation sites (tertiary alicyclic amines) is 1. The van der Waals surface area contributed by atoms with Crippen LogP contribution in [0.25, 0.3) is 0 Å².